The van der Waals surface area contributed by atoms with Gasteiger partial charge in [-0.1, -0.05) is 0 Å². The summed E-state index contributed by atoms with van der Waals surface area (Å²) in [6.45, 7) is 2.36. The molecule has 0 radical (unpaired) electrons. The third-order valence-corrected chi connectivity index (χ3v) is 6.82. The van der Waals surface area contributed by atoms with Crippen LogP contribution in [0.3, 0.4) is 0 Å². The average Bonchev–Trinajstić information content (AvgIpc) is 3.28. The lowest BCUT2D eigenvalue weighted by molar-refractivity contribution is -0.115. The van der Waals surface area contributed by atoms with Gasteiger partial charge in [-0.3, -0.25) is 9.59 Å². The number of thiophene rings is 1. The molecule has 0 atom stereocenters. The normalized spacial score (nSPS) is 12.9. The molecule has 3 aromatic heterocycles. The molecular formula is C20H22N4O3S2. The second-order valence-corrected chi connectivity index (χ2v) is 8.88. The van der Waals surface area contributed by atoms with Crippen LogP contribution in [-0.4, -0.2) is 33.2 Å². The number of carbonyl (C=O) groups is 1. The van der Waals surface area contributed by atoms with Crippen molar-refractivity contribution in [3.8, 4) is 5.88 Å². The van der Waals surface area contributed by atoms with Gasteiger partial charge in [-0.25, -0.2) is 9.97 Å². The van der Waals surface area contributed by atoms with E-state index >= 15 is 0 Å². The Labute approximate surface area is 176 Å². The topological polar surface area (TPSA) is 97.0 Å². The second kappa shape index (κ2) is 8.96. The van der Waals surface area contributed by atoms with Gasteiger partial charge in [0.2, 0.25) is 11.8 Å². The van der Waals surface area contributed by atoms with Gasteiger partial charge in [0.15, 0.2) is 0 Å². The minimum Gasteiger partial charge on any atom is -0.476 e. The predicted octanol–water partition coefficient (Wildman–Crippen LogP) is 3.53. The van der Waals surface area contributed by atoms with Gasteiger partial charge in [0, 0.05) is 23.2 Å². The maximum atomic E-state index is 12.5. The number of rotatable bonds is 8. The third-order valence-electron chi connectivity index (χ3n) is 4.66. The summed E-state index contributed by atoms with van der Waals surface area (Å²) in [5.41, 5.74) is 1.73. The molecule has 0 spiro atoms. The van der Waals surface area contributed by atoms with Gasteiger partial charge in [-0.05, 0) is 43.9 Å². The SMILES string of the molecule is CCOc1ncccc1NC(=O)CCSCc1nc2sc3c(c2c(=O)[nH]1)CCC3. The number of hydrogen-bond acceptors (Lipinski definition) is 7. The van der Waals surface area contributed by atoms with E-state index in [1.54, 1.807) is 41.4 Å². The number of anilines is 1. The fourth-order valence-electron chi connectivity index (χ4n) is 3.40. The number of ether oxygens (including phenoxy) is 1. The first-order valence-electron chi connectivity index (χ1n) is 9.64. The number of hydrogen-bond donors (Lipinski definition) is 2. The molecule has 0 unspecified atom stereocenters. The first kappa shape index (κ1) is 19.9. The van der Waals surface area contributed by atoms with Crippen molar-refractivity contribution in [1.82, 2.24) is 15.0 Å². The van der Waals surface area contributed by atoms with Crippen LogP contribution in [0.5, 0.6) is 5.88 Å². The van der Waals surface area contributed by atoms with Crippen LogP contribution in [0.25, 0.3) is 10.2 Å². The monoisotopic (exact) mass is 430 g/mol. The lowest BCUT2D eigenvalue weighted by Crippen LogP contribution is -2.14. The minimum atomic E-state index is -0.0990. The Balaban J connectivity index is 1.31. The molecule has 1 amide bonds. The smallest absolute Gasteiger partial charge is 0.259 e. The number of amides is 1. The number of aryl methyl sites for hydroxylation is 2. The van der Waals surface area contributed by atoms with E-state index in [4.69, 9.17) is 4.74 Å². The van der Waals surface area contributed by atoms with Gasteiger partial charge in [0.1, 0.15) is 16.3 Å². The minimum absolute atomic E-state index is 0.0391. The van der Waals surface area contributed by atoms with Crippen LogP contribution in [0.1, 0.15) is 36.0 Å². The van der Waals surface area contributed by atoms with Gasteiger partial charge in [-0.15, -0.1) is 11.3 Å². The first-order valence-corrected chi connectivity index (χ1v) is 11.6. The van der Waals surface area contributed by atoms with Crippen molar-refractivity contribution in [2.45, 2.75) is 38.4 Å². The maximum absolute atomic E-state index is 12.5. The Morgan fingerprint density at radius 2 is 2.31 bits per heavy atom. The van der Waals surface area contributed by atoms with Crippen molar-refractivity contribution in [2.24, 2.45) is 0 Å². The number of nitrogens with zero attached hydrogens (tertiary/aromatic N) is 2. The molecule has 9 heteroatoms. The number of aromatic amines is 1. The number of aromatic nitrogens is 3. The third kappa shape index (κ3) is 4.45. The summed E-state index contributed by atoms with van der Waals surface area (Å²) < 4.78 is 5.42. The number of pyridine rings is 1. The molecule has 2 N–H and O–H groups in total. The summed E-state index contributed by atoms with van der Waals surface area (Å²) in [5.74, 6) is 2.18. The zero-order valence-electron chi connectivity index (χ0n) is 16.1. The van der Waals surface area contributed by atoms with E-state index in [9.17, 15) is 9.59 Å². The predicted molar refractivity (Wildman–Crippen MR) is 117 cm³/mol. The number of thioether (sulfide) groups is 1. The Hall–Kier alpha value is -2.39. The molecule has 29 heavy (non-hydrogen) atoms. The van der Waals surface area contributed by atoms with Crippen molar-refractivity contribution in [3.05, 3.63) is 44.9 Å². The van der Waals surface area contributed by atoms with E-state index in [-0.39, 0.29) is 11.5 Å². The molecule has 152 valence electrons. The highest BCUT2D eigenvalue weighted by Gasteiger charge is 2.21. The van der Waals surface area contributed by atoms with Crippen LogP contribution in [0.2, 0.25) is 0 Å². The summed E-state index contributed by atoms with van der Waals surface area (Å²) in [6, 6.07) is 3.52. The average molecular weight is 431 g/mol. The van der Waals surface area contributed by atoms with Crippen molar-refractivity contribution >= 4 is 44.9 Å². The van der Waals surface area contributed by atoms with Gasteiger partial charge in [0.05, 0.1) is 17.7 Å². The van der Waals surface area contributed by atoms with E-state index in [1.807, 2.05) is 6.92 Å². The quantitative estimate of drug-likeness (QED) is 0.531. The largest absolute Gasteiger partial charge is 0.476 e. The maximum Gasteiger partial charge on any atom is 0.259 e. The highest BCUT2D eigenvalue weighted by molar-refractivity contribution is 7.98. The lowest BCUT2D eigenvalue weighted by Gasteiger charge is -2.09. The zero-order chi connectivity index (χ0) is 20.2. The Kier molecular flexibility index (Phi) is 6.15. The summed E-state index contributed by atoms with van der Waals surface area (Å²) in [6.07, 6.45) is 5.14. The highest BCUT2D eigenvalue weighted by atomic mass is 32.2. The first-order chi connectivity index (χ1) is 14.2. The molecule has 0 aromatic carbocycles. The van der Waals surface area contributed by atoms with Crippen LogP contribution in [0.15, 0.2) is 23.1 Å². The molecule has 0 fully saturated rings. The van der Waals surface area contributed by atoms with Crippen LogP contribution < -0.4 is 15.6 Å². The number of nitrogens with one attached hydrogen (secondary N) is 2. The van der Waals surface area contributed by atoms with E-state index in [1.165, 1.54) is 10.4 Å². The van der Waals surface area contributed by atoms with E-state index in [0.29, 0.717) is 41.9 Å². The molecule has 3 aromatic rings. The van der Waals surface area contributed by atoms with Crippen molar-refractivity contribution in [3.63, 3.8) is 0 Å². The van der Waals surface area contributed by atoms with E-state index in [0.717, 1.165) is 29.5 Å². The van der Waals surface area contributed by atoms with Gasteiger partial charge < -0.3 is 15.0 Å². The summed E-state index contributed by atoms with van der Waals surface area (Å²) in [7, 11) is 0. The molecule has 0 aliphatic heterocycles. The Morgan fingerprint density at radius 3 is 3.17 bits per heavy atom. The van der Waals surface area contributed by atoms with Crippen LogP contribution in [0, 0.1) is 0 Å². The molecule has 0 saturated heterocycles. The molecule has 4 rings (SSSR count). The van der Waals surface area contributed by atoms with Crippen molar-refractivity contribution in [1.29, 1.82) is 0 Å². The summed E-state index contributed by atoms with van der Waals surface area (Å²) in [5, 5.41) is 3.61. The molecule has 7 nitrogen and oxygen atoms in total. The summed E-state index contributed by atoms with van der Waals surface area (Å²) >= 11 is 3.22. The molecule has 3 heterocycles. The molecule has 1 aliphatic rings. The zero-order valence-corrected chi connectivity index (χ0v) is 17.8. The second-order valence-electron chi connectivity index (χ2n) is 6.69. The van der Waals surface area contributed by atoms with Crippen molar-refractivity contribution in [2.75, 3.05) is 17.7 Å². The summed E-state index contributed by atoms with van der Waals surface area (Å²) in [4.78, 5) is 38.5. The highest BCUT2D eigenvalue weighted by Crippen LogP contribution is 2.34. The molecular weight excluding hydrogens is 408 g/mol. The number of fused-ring (bicyclic) bond motifs is 3. The molecule has 0 saturated carbocycles. The van der Waals surface area contributed by atoms with Gasteiger partial charge in [0.25, 0.3) is 5.56 Å². The number of carbonyl (C=O) groups excluding carboxylic acids is 1. The van der Waals surface area contributed by atoms with E-state index < -0.39 is 0 Å². The standard InChI is InChI=1S/C20H22N4O3S2/c1-2-27-19-13(6-4-9-21-19)22-16(25)8-10-28-11-15-23-18(26)17-12-5-3-7-14(12)29-20(17)24-15/h4,6,9H,2-3,5,7-8,10-11H2,1H3,(H,22,25)(H,23,24,26). The van der Waals surface area contributed by atoms with Gasteiger partial charge in [-0.2, -0.15) is 11.8 Å². The van der Waals surface area contributed by atoms with E-state index in [2.05, 4.69) is 20.3 Å². The van der Waals surface area contributed by atoms with Crippen LogP contribution >= 0.6 is 23.1 Å². The molecule has 1 aliphatic carbocycles. The van der Waals surface area contributed by atoms with Crippen LogP contribution in [0.4, 0.5) is 5.69 Å². The Morgan fingerprint density at radius 1 is 1.41 bits per heavy atom. The number of H-pyrrole nitrogens is 1. The fraction of sp³-hybridized carbons (Fsp3) is 0.400. The van der Waals surface area contributed by atoms with Crippen LogP contribution in [-0.2, 0) is 23.4 Å². The molecule has 0 bridgehead atoms. The Bertz CT molecular complexity index is 1090. The van der Waals surface area contributed by atoms with Gasteiger partial charge >= 0.3 is 0 Å². The van der Waals surface area contributed by atoms with Crippen molar-refractivity contribution < 1.29 is 9.53 Å². The lowest BCUT2D eigenvalue weighted by atomic mass is 10.2. The fourth-order valence-corrected chi connectivity index (χ4v) is 5.48.